The Morgan fingerprint density at radius 1 is 1.16 bits per heavy atom. The lowest BCUT2D eigenvalue weighted by molar-refractivity contribution is 0.182. The minimum Gasteiger partial charge on any atom is -0.310 e. The van der Waals surface area contributed by atoms with Crippen LogP contribution in [0.4, 0.5) is 0 Å². The Balaban J connectivity index is 1.51. The van der Waals surface area contributed by atoms with E-state index < -0.39 is 0 Å². The zero-order chi connectivity index (χ0) is 13.1. The van der Waals surface area contributed by atoms with E-state index in [4.69, 9.17) is 0 Å². The van der Waals surface area contributed by atoms with Gasteiger partial charge in [-0.1, -0.05) is 37.3 Å². The largest absolute Gasteiger partial charge is 0.310 e. The average molecular weight is 258 g/mol. The van der Waals surface area contributed by atoms with Gasteiger partial charge in [-0.15, -0.1) is 0 Å². The molecule has 1 saturated heterocycles. The zero-order valence-corrected chi connectivity index (χ0v) is 12.0. The summed E-state index contributed by atoms with van der Waals surface area (Å²) in [5.41, 5.74) is 1.47. The van der Waals surface area contributed by atoms with Crippen LogP contribution in [0.25, 0.3) is 0 Å². The fourth-order valence-corrected chi connectivity index (χ4v) is 3.22. The number of rotatable bonds is 5. The van der Waals surface area contributed by atoms with Crippen molar-refractivity contribution in [3.05, 3.63) is 35.9 Å². The Bertz CT molecular complexity index is 386. The molecule has 1 N–H and O–H groups in total. The molecule has 2 aliphatic rings. The van der Waals surface area contributed by atoms with Gasteiger partial charge in [0, 0.05) is 25.2 Å². The predicted molar refractivity (Wildman–Crippen MR) is 80.5 cm³/mol. The Morgan fingerprint density at radius 2 is 1.95 bits per heavy atom. The highest BCUT2D eigenvalue weighted by Crippen LogP contribution is 2.23. The van der Waals surface area contributed by atoms with E-state index in [-0.39, 0.29) is 0 Å². The molecule has 1 aliphatic carbocycles. The summed E-state index contributed by atoms with van der Waals surface area (Å²) < 4.78 is 0. The van der Waals surface area contributed by atoms with Crippen molar-refractivity contribution >= 4 is 0 Å². The van der Waals surface area contributed by atoms with Crippen molar-refractivity contribution in [1.29, 1.82) is 0 Å². The van der Waals surface area contributed by atoms with Crippen LogP contribution in [0.3, 0.4) is 0 Å². The minimum absolute atomic E-state index is 0.640. The molecule has 2 unspecified atom stereocenters. The first-order valence-corrected chi connectivity index (χ1v) is 7.84. The monoisotopic (exact) mass is 258 g/mol. The fourth-order valence-electron chi connectivity index (χ4n) is 3.22. The molecular formula is C17H26N2. The van der Waals surface area contributed by atoms with Crippen molar-refractivity contribution < 1.29 is 0 Å². The first-order chi connectivity index (χ1) is 9.31. The molecule has 1 aromatic carbocycles. The van der Waals surface area contributed by atoms with E-state index in [1.807, 2.05) is 0 Å². The predicted octanol–water partition coefficient (Wildman–Crippen LogP) is 3.01. The van der Waals surface area contributed by atoms with Crippen LogP contribution in [0.5, 0.6) is 0 Å². The molecule has 1 aromatic rings. The molecule has 1 saturated carbocycles. The van der Waals surface area contributed by atoms with E-state index in [1.54, 1.807) is 0 Å². The van der Waals surface area contributed by atoms with E-state index >= 15 is 0 Å². The van der Waals surface area contributed by atoms with Gasteiger partial charge in [-0.25, -0.2) is 0 Å². The standard InChI is InChI=1S/C17H26N2/c1-14(15-6-3-2-4-7-15)12-19-11-5-8-17(13-19)18-16-9-10-16/h2-4,6-7,14,16-18H,5,8-13H2,1H3. The summed E-state index contributed by atoms with van der Waals surface area (Å²) in [7, 11) is 0. The molecule has 104 valence electrons. The van der Waals surface area contributed by atoms with Crippen LogP contribution in [-0.4, -0.2) is 36.6 Å². The van der Waals surface area contributed by atoms with Crippen molar-refractivity contribution in [2.45, 2.75) is 50.6 Å². The van der Waals surface area contributed by atoms with Gasteiger partial charge in [-0.2, -0.15) is 0 Å². The van der Waals surface area contributed by atoms with Crippen molar-refractivity contribution in [3.63, 3.8) is 0 Å². The van der Waals surface area contributed by atoms with Gasteiger partial charge in [0.2, 0.25) is 0 Å². The number of likely N-dealkylation sites (tertiary alicyclic amines) is 1. The molecule has 0 spiro atoms. The van der Waals surface area contributed by atoms with E-state index in [2.05, 4.69) is 47.5 Å². The smallest absolute Gasteiger partial charge is 0.0198 e. The Morgan fingerprint density at radius 3 is 2.68 bits per heavy atom. The third-order valence-electron chi connectivity index (χ3n) is 4.45. The molecule has 1 aliphatic heterocycles. The average Bonchev–Trinajstić information content (AvgIpc) is 3.24. The molecular weight excluding hydrogens is 232 g/mol. The third kappa shape index (κ3) is 3.80. The Labute approximate surface area is 117 Å². The molecule has 1 heterocycles. The number of nitrogens with one attached hydrogen (secondary N) is 1. The number of nitrogens with zero attached hydrogens (tertiary/aromatic N) is 1. The van der Waals surface area contributed by atoms with Gasteiger partial charge in [-0.05, 0) is 43.7 Å². The molecule has 0 amide bonds. The van der Waals surface area contributed by atoms with Crippen LogP contribution in [0.2, 0.25) is 0 Å². The summed E-state index contributed by atoms with van der Waals surface area (Å²) in [5, 5.41) is 3.79. The highest BCUT2D eigenvalue weighted by Gasteiger charge is 2.27. The van der Waals surface area contributed by atoms with E-state index in [0.29, 0.717) is 5.92 Å². The van der Waals surface area contributed by atoms with Crippen molar-refractivity contribution in [2.75, 3.05) is 19.6 Å². The summed E-state index contributed by atoms with van der Waals surface area (Å²) in [6.07, 6.45) is 5.52. The maximum Gasteiger partial charge on any atom is 0.0198 e. The minimum atomic E-state index is 0.640. The first-order valence-electron chi connectivity index (χ1n) is 7.84. The lowest BCUT2D eigenvalue weighted by Gasteiger charge is -2.35. The lowest BCUT2D eigenvalue weighted by Crippen LogP contribution is -2.47. The van der Waals surface area contributed by atoms with Crippen LogP contribution in [-0.2, 0) is 0 Å². The van der Waals surface area contributed by atoms with Gasteiger partial charge in [0.05, 0.1) is 0 Å². The first kappa shape index (κ1) is 13.1. The van der Waals surface area contributed by atoms with Crippen molar-refractivity contribution in [3.8, 4) is 0 Å². The topological polar surface area (TPSA) is 15.3 Å². The summed E-state index contributed by atoms with van der Waals surface area (Å²) >= 11 is 0. The van der Waals surface area contributed by atoms with Crippen LogP contribution in [0.15, 0.2) is 30.3 Å². The summed E-state index contributed by atoms with van der Waals surface area (Å²) in [6.45, 7) is 6.08. The van der Waals surface area contributed by atoms with E-state index in [0.717, 1.165) is 12.1 Å². The number of benzene rings is 1. The Hall–Kier alpha value is -0.860. The third-order valence-corrected chi connectivity index (χ3v) is 4.45. The van der Waals surface area contributed by atoms with Gasteiger partial charge in [-0.3, -0.25) is 0 Å². The quantitative estimate of drug-likeness (QED) is 0.873. The van der Waals surface area contributed by atoms with Crippen LogP contribution in [0.1, 0.15) is 44.1 Å². The Kier molecular flexibility index (Phi) is 4.19. The second-order valence-corrected chi connectivity index (χ2v) is 6.35. The van der Waals surface area contributed by atoms with Gasteiger partial charge >= 0.3 is 0 Å². The molecule has 0 aromatic heterocycles. The maximum absolute atomic E-state index is 3.79. The summed E-state index contributed by atoms with van der Waals surface area (Å²) in [6, 6.07) is 12.5. The van der Waals surface area contributed by atoms with Gasteiger partial charge in [0.15, 0.2) is 0 Å². The second kappa shape index (κ2) is 6.06. The molecule has 2 atom stereocenters. The van der Waals surface area contributed by atoms with Crippen LogP contribution >= 0.6 is 0 Å². The molecule has 2 fully saturated rings. The number of hydrogen-bond acceptors (Lipinski definition) is 2. The number of hydrogen-bond donors (Lipinski definition) is 1. The van der Waals surface area contributed by atoms with Crippen molar-refractivity contribution in [2.24, 2.45) is 0 Å². The van der Waals surface area contributed by atoms with Crippen LogP contribution in [0, 0.1) is 0 Å². The molecule has 2 heteroatoms. The SMILES string of the molecule is CC(CN1CCCC(NC2CC2)C1)c1ccccc1. The van der Waals surface area contributed by atoms with Gasteiger partial charge < -0.3 is 10.2 Å². The number of piperidine rings is 1. The molecule has 2 nitrogen and oxygen atoms in total. The molecule has 3 rings (SSSR count). The lowest BCUT2D eigenvalue weighted by atomic mass is 9.98. The molecule has 19 heavy (non-hydrogen) atoms. The van der Waals surface area contributed by atoms with Crippen molar-refractivity contribution in [1.82, 2.24) is 10.2 Å². The molecule has 0 bridgehead atoms. The highest BCUT2D eigenvalue weighted by atomic mass is 15.2. The van der Waals surface area contributed by atoms with Gasteiger partial charge in [0.1, 0.15) is 0 Å². The van der Waals surface area contributed by atoms with E-state index in [9.17, 15) is 0 Å². The normalized spacial score (nSPS) is 26.3. The van der Waals surface area contributed by atoms with Gasteiger partial charge in [0.25, 0.3) is 0 Å². The highest BCUT2D eigenvalue weighted by molar-refractivity contribution is 5.19. The summed E-state index contributed by atoms with van der Waals surface area (Å²) in [4.78, 5) is 2.65. The summed E-state index contributed by atoms with van der Waals surface area (Å²) in [5.74, 6) is 0.640. The van der Waals surface area contributed by atoms with Crippen LogP contribution < -0.4 is 5.32 Å². The second-order valence-electron chi connectivity index (χ2n) is 6.35. The van der Waals surface area contributed by atoms with E-state index in [1.165, 1.54) is 50.9 Å². The molecule has 0 radical (unpaired) electrons. The maximum atomic E-state index is 3.79. The fraction of sp³-hybridized carbons (Fsp3) is 0.647. The zero-order valence-electron chi connectivity index (χ0n) is 12.0.